The third-order valence-corrected chi connectivity index (χ3v) is 13.6. The second kappa shape index (κ2) is 18.0. The molecule has 16 heteroatoms. The molecule has 5 heterocycles. The van der Waals surface area contributed by atoms with Crippen LogP contribution in [0, 0.1) is 17.7 Å². The molecule has 0 saturated carbocycles. The van der Waals surface area contributed by atoms with Crippen molar-refractivity contribution < 1.29 is 33.4 Å². The maximum Gasteiger partial charge on any atom is 0.407 e. The fourth-order valence-corrected chi connectivity index (χ4v) is 10.1. The quantitative estimate of drug-likeness (QED) is 0.0862. The van der Waals surface area contributed by atoms with Gasteiger partial charge in [-0.15, -0.1) is 0 Å². The standard InChI is InChI=1S/C49H62FN9O6/c1-26(2)41(55-47(62)63)45(60)57-21-9-11-39(57)43-51-32-16-13-28(23-34(32)53-43)36-19-20-37(59(36)38-18-15-30(25-31(38)50)49(5,6)7)29-14-17-33-35(24-29)54-44(52-33)40-12-10-22-58(40)46(61)42(27(3)4)56-48(64)65-8/h13-18,23-27,36-37,39-42,55H,9-12,19-22H2,1-8H3,(H,51,53)(H,52,54)(H,56,64)(H,62,63)/t36-,37?,39+,40+,41+,42+/m1/s1. The largest absolute Gasteiger partial charge is 0.465 e. The normalized spacial score (nSPS) is 21.2. The SMILES string of the molecule is COC(=O)N[C@H](C(=O)N1CCC[C@H]1c1nc2ccc(C3CC[C@H](c4ccc5nc([C@@H]6CCCN6C(=O)[C@@H](NC(=O)O)C(C)C)[nH]c5c4)N3c3ccc(C(C)(C)C)cc3F)cc2[nH]1)C(C)C. The van der Waals surface area contributed by atoms with Gasteiger partial charge in [0.25, 0.3) is 0 Å². The number of anilines is 1. The number of nitrogens with zero attached hydrogens (tertiary/aromatic N) is 5. The topological polar surface area (TPSA) is 189 Å². The van der Waals surface area contributed by atoms with Crippen molar-refractivity contribution in [3.8, 4) is 0 Å². The van der Waals surface area contributed by atoms with Crippen molar-refractivity contribution in [1.29, 1.82) is 0 Å². The van der Waals surface area contributed by atoms with E-state index in [-0.39, 0.29) is 59.0 Å². The molecule has 5 aromatic rings. The lowest BCUT2D eigenvalue weighted by Gasteiger charge is -2.34. The Labute approximate surface area is 378 Å². The van der Waals surface area contributed by atoms with Crippen LogP contribution in [0.2, 0.25) is 0 Å². The molecule has 0 aliphatic carbocycles. The summed E-state index contributed by atoms with van der Waals surface area (Å²) in [6.07, 6.45) is 2.61. The van der Waals surface area contributed by atoms with E-state index in [0.717, 1.165) is 70.9 Å². The molecule has 3 aliphatic heterocycles. The zero-order chi connectivity index (χ0) is 46.5. The van der Waals surface area contributed by atoms with E-state index in [9.17, 15) is 24.3 Å². The first kappa shape index (κ1) is 45.4. The number of aromatic nitrogens is 4. The first-order valence-corrected chi connectivity index (χ1v) is 23.0. The summed E-state index contributed by atoms with van der Waals surface area (Å²) in [6, 6.07) is 15.2. The molecule has 0 radical (unpaired) electrons. The van der Waals surface area contributed by atoms with Gasteiger partial charge in [0, 0.05) is 13.1 Å². The van der Waals surface area contributed by atoms with Crippen molar-refractivity contribution in [2.45, 2.75) is 129 Å². The zero-order valence-electron chi connectivity index (χ0n) is 38.6. The van der Waals surface area contributed by atoms with E-state index in [1.807, 2.05) is 52.0 Å². The average Bonchev–Trinajstić information content (AvgIpc) is 4.11. The number of nitrogens with one attached hydrogen (secondary N) is 4. The van der Waals surface area contributed by atoms with Gasteiger partial charge in [-0.2, -0.15) is 0 Å². The van der Waals surface area contributed by atoms with Crippen LogP contribution in [0.4, 0.5) is 19.7 Å². The molecule has 1 unspecified atom stereocenters. The van der Waals surface area contributed by atoms with Gasteiger partial charge >= 0.3 is 12.2 Å². The highest BCUT2D eigenvalue weighted by molar-refractivity contribution is 5.87. The predicted octanol–water partition coefficient (Wildman–Crippen LogP) is 8.96. The van der Waals surface area contributed by atoms with Crippen LogP contribution in [0.1, 0.15) is 139 Å². The van der Waals surface area contributed by atoms with Crippen LogP contribution in [0.3, 0.4) is 0 Å². The first-order valence-electron chi connectivity index (χ1n) is 23.0. The highest BCUT2D eigenvalue weighted by Gasteiger charge is 2.41. The number of carbonyl (C=O) groups excluding carboxylic acids is 3. The molecular weight excluding hydrogens is 830 g/mol. The second-order valence-electron chi connectivity index (χ2n) is 19.6. The number of H-pyrrole nitrogens is 2. The van der Waals surface area contributed by atoms with Gasteiger partial charge in [-0.3, -0.25) is 9.59 Å². The number of alkyl carbamates (subject to hydrolysis) is 1. The Kier molecular flexibility index (Phi) is 12.6. The van der Waals surface area contributed by atoms with Gasteiger partial charge in [0.15, 0.2) is 0 Å². The fourth-order valence-electron chi connectivity index (χ4n) is 10.1. The number of benzene rings is 3. The monoisotopic (exact) mass is 891 g/mol. The molecule has 15 nitrogen and oxygen atoms in total. The van der Waals surface area contributed by atoms with Crippen molar-refractivity contribution in [2.75, 3.05) is 25.1 Å². The Bertz CT molecular complexity index is 2600. The number of fused-ring (bicyclic) bond motifs is 2. The van der Waals surface area contributed by atoms with Gasteiger partial charge in [-0.25, -0.2) is 23.9 Å². The number of likely N-dealkylation sites (tertiary alicyclic amines) is 2. The summed E-state index contributed by atoms with van der Waals surface area (Å²) in [4.78, 5) is 74.0. The molecule has 0 bridgehead atoms. The zero-order valence-corrected chi connectivity index (χ0v) is 38.6. The summed E-state index contributed by atoms with van der Waals surface area (Å²) in [5, 5.41) is 14.6. The molecular formula is C49H62FN9O6. The third kappa shape index (κ3) is 8.95. The van der Waals surface area contributed by atoms with Gasteiger partial charge in [0.05, 0.1) is 59.0 Å². The molecule has 65 heavy (non-hydrogen) atoms. The number of hydrogen-bond donors (Lipinski definition) is 5. The Morgan fingerprint density at radius 2 is 1.22 bits per heavy atom. The van der Waals surface area contributed by atoms with Crippen LogP contribution < -0.4 is 15.5 Å². The van der Waals surface area contributed by atoms with Crippen LogP contribution >= 0.6 is 0 Å². The number of amides is 4. The minimum atomic E-state index is -1.23. The Balaban J connectivity index is 1.11. The van der Waals surface area contributed by atoms with E-state index in [1.54, 1.807) is 15.9 Å². The molecule has 4 amide bonds. The minimum Gasteiger partial charge on any atom is -0.465 e. The molecule has 6 atom stereocenters. The molecule has 346 valence electrons. The Morgan fingerprint density at radius 3 is 1.65 bits per heavy atom. The lowest BCUT2D eigenvalue weighted by atomic mass is 9.87. The third-order valence-electron chi connectivity index (χ3n) is 13.6. The van der Waals surface area contributed by atoms with Crippen LogP contribution in [0.25, 0.3) is 22.1 Å². The second-order valence-corrected chi connectivity index (χ2v) is 19.6. The van der Waals surface area contributed by atoms with Gasteiger partial charge in [0.2, 0.25) is 11.8 Å². The highest BCUT2D eigenvalue weighted by atomic mass is 19.1. The van der Waals surface area contributed by atoms with Crippen molar-refractivity contribution in [3.05, 3.63) is 88.8 Å². The number of ether oxygens (including phenoxy) is 1. The first-order chi connectivity index (χ1) is 30.9. The molecule has 3 saturated heterocycles. The van der Waals surface area contributed by atoms with Crippen LogP contribution in [-0.4, -0.2) is 91.1 Å². The number of aromatic amines is 2. The number of methoxy groups -OCH3 is 1. The van der Waals surface area contributed by atoms with E-state index < -0.39 is 24.3 Å². The number of rotatable bonds is 11. The van der Waals surface area contributed by atoms with Crippen molar-refractivity contribution in [3.63, 3.8) is 0 Å². The molecule has 3 aromatic carbocycles. The van der Waals surface area contributed by atoms with E-state index in [4.69, 9.17) is 14.7 Å². The van der Waals surface area contributed by atoms with Gasteiger partial charge < -0.3 is 45.1 Å². The number of imidazole rings is 2. The summed E-state index contributed by atoms with van der Waals surface area (Å²) in [5.41, 5.74) is 6.31. The average molecular weight is 892 g/mol. The van der Waals surface area contributed by atoms with E-state index in [0.29, 0.717) is 36.8 Å². The maximum atomic E-state index is 16.6. The fraction of sp³-hybridized carbons (Fsp3) is 0.510. The van der Waals surface area contributed by atoms with Crippen LogP contribution in [0.5, 0.6) is 0 Å². The number of halogens is 1. The lowest BCUT2D eigenvalue weighted by molar-refractivity contribution is -0.136. The van der Waals surface area contributed by atoms with E-state index in [2.05, 4.69) is 70.5 Å². The summed E-state index contributed by atoms with van der Waals surface area (Å²) in [5.74, 6) is 0.227. The molecule has 2 aromatic heterocycles. The lowest BCUT2D eigenvalue weighted by Crippen LogP contribution is -2.51. The number of carbonyl (C=O) groups is 4. The van der Waals surface area contributed by atoms with E-state index >= 15 is 4.39 Å². The smallest absolute Gasteiger partial charge is 0.407 e. The Hall–Kier alpha value is -6.19. The van der Waals surface area contributed by atoms with Crippen LogP contribution in [-0.2, 0) is 19.7 Å². The summed E-state index contributed by atoms with van der Waals surface area (Å²) >= 11 is 0. The van der Waals surface area contributed by atoms with Gasteiger partial charge in [-0.05, 0) is 109 Å². The van der Waals surface area contributed by atoms with Crippen molar-refractivity contribution in [1.82, 2.24) is 40.4 Å². The number of carboxylic acid groups (broad SMARTS) is 1. The number of hydrogen-bond acceptors (Lipinski definition) is 8. The van der Waals surface area contributed by atoms with Gasteiger partial charge in [-0.1, -0.05) is 66.7 Å². The predicted molar refractivity (Wildman–Crippen MR) is 246 cm³/mol. The summed E-state index contributed by atoms with van der Waals surface area (Å²) < 4.78 is 21.5. The molecule has 0 spiro atoms. The minimum absolute atomic E-state index is 0.151. The molecule has 5 N–H and O–H groups in total. The Morgan fingerprint density at radius 1 is 0.723 bits per heavy atom. The van der Waals surface area contributed by atoms with Gasteiger partial charge in [0.1, 0.15) is 29.5 Å². The molecule has 8 rings (SSSR count). The van der Waals surface area contributed by atoms with E-state index in [1.165, 1.54) is 7.11 Å². The van der Waals surface area contributed by atoms with Crippen molar-refractivity contribution >= 4 is 51.8 Å². The maximum absolute atomic E-state index is 16.6. The molecule has 3 aliphatic rings. The van der Waals surface area contributed by atoms with Crippen molar-refractivity contribution in [2.24, 2.45) is 11.8 Å². The summed E-state index contributed by atoms with van der Waals surface area (Å²) in [6.45, 7) is 14.7. The molecule has 3 fully saturated rings. The highest BCUT2D eigenvalue weighted by Crippen LogP contribution is 2.49. The summed E-state index contributed by atoms with van der Waals surface area (Å²) in [7, 11) is 1.28. The van der Waals surface area contributed by atoms with Crippen LogP contribution in [0.15, 0.2) is 54.6 Å².